The Morgan fingerprint density at radius 2 is 2.31 bits per heavy atom. The standard InChI is InChI=1S/C10H15N3O3/c1-7(2)9(6-14)12-10-5-8(13(15)16)3-4-11-10/h3-5,7,9,14H,6H2,1-2H3,(H,11,12)/t9-/m1/s1. The number of nitro groups is 1. The quantitative estimate of drug-likeness (QED) is 0.584. The van der Waals surface area contributed by atoms with Crippen LogP contribution in [-0.2, 0) is 0 Å². The maximum Gasteiger partial charge on any atom is 0.274 e. The minimum atomic E-state index is -0.476. The molecule has 1 atom stereocenters. The van der Waals surface area contributed by atoms with E-state index in [2.05, 4.69) is 10.3 Å². The molecule has 0 unspecified atom stereocenters. The van der Waals surface area contributed by atoms with Gasteiger partial charge in [0.05, 0.1) is 23.6 Å². The molecule has 6 heteroatoms. The van der Waals surface area contributed by atoms with Gasteiger partial charge in [0.25, 0.3) is 5.69 Å². The Labute approximate surface area is 93.5 Å². The van der Waals surface area contributed by atoms with E-state index in [-0.39, 0.29) is 24.3 Å². The van der Waals surface area contributed by atoms with Gasteiger partial charge in [0.2, 0.25) is 0 Å². The summed E-state index contributed by atoms with van der Waals surface area (Å²) >= 11 is 0. The van der Waals surface area contributed by atoms with Gasteiger partial charge < -0.3 is 10.4 Å². The van der Waals surface area contributed by atoms with E-state index in [1.54, 1.807) is 0 Å². The molecule has 0 aliphatic carbocycles. The van der Waals surface area contributed by atoms with Crippen LogP contribution in [0.3, 0.4) is 0 Å². The monoisotopic (exact) mass is 225 g/mol. The molecule has 0 amide bonds. The molecule has 16 heavy (non-hydrogen) atoms. The molecule has 6 nitrogen and oxygen atoms in total. The van der Waals surface area contributed by atoms with Crippen LogP contribution < -0.4 is 5.32 Å². The average Bonchev–Trinajstić information content (AvgIpc) is 2.25. The van der Waals surface area contributed by atoms with Crippen LogP contribution in [0.15, 0.2) is 18.3 Å². The van der Waals surface area contributed by atoms with Gasteiger partial charge in [0.15, 0.2) is 0 Å². The molecule has 1 heterocycles. The van der Waals surface area contributed by atoms with Crippen molar-refractivity contribution >= 4 is 11.5 Å². The molecular formula is C10H15N3O3. The second-order valence-electron chi connectivity index (χ2n) is 3.83. The maximum absolute atomic E-state index is 10.5. The molecule has 0 radical (unpaired) electrons. The molecule has 1 aromatic rings. The number of hydrogen-bond donors (Lipinski definition) is 2. The van der Waals surface area contributed by atoms with Gasteiger partial charge in [-0.15, -0.1) is 0 Å². The first-order valence-electron chi connectivity index (χ1n) is 5.02. The third kappa shape index (κ3) is 3.16. The third-order valence-electron chi connectivity index (χ3n) is 2.29. The Morgan fingerprint density at radius 1 is 1.62 bits per heavy atom. The normalized spacial score (nSPS) is 12.5. The van der Waals surface area contributed by atoms with Gasteiger partial charge in [0, 0.05) is 12.3 Å². The topological polar surface area (TPSA) is 88.3 Å². The van der Waals surface area contributed by atoms with E-state index in [9.17, 15) is 10.1 Å². The highest BCUT2D eigenvalue weighted by molar-refractivity contribution is 5.44. The highest BCUT2D eigenvalue weighted by atomic mass is 16.6. The molecule has 0 spiro atoms. The second kappa shape index (κ2) is 5.41. The molecule has 1 aromatic heterocycles. The van der Waals surface area contributed by atoms with Crippen molar-refractivity contribution in [1.29, 1.82) is 0 Å². The fraction of sp³-hybridized carbons (Fsp3) is 0.500. The number of aliphatic hydroxyl groups is 1. The fourth-order valence-electron chi connectivity index (χ4n) is 1.22. The van der Waals surface area contributed by atoms with Gasteiger partial charge in [-0.2, -0.15) is 0 Å². The summed E-state index contributed by atoms with van der Waals surface area (Å²) in [4.78, 5) is 14.0. The predicted molar refractivity (Wildman–Crippen MR) is 60.2 cm³/mol. The van der Waals surface area contributed by atoms with Crippen molar-refractivity contribution in [2.45, 2.75) is 19.9 Å². The first-order valence-corrected chi connectivity index (χ1v) is 5.02. The zero-order chi connectivity index (χ0) is 12.1. The number of nitrogens with one attached hydrogen (secondary N) is 1. The molecule has 0 saturated carbocycles. The number of rotatable bonds is 5. The Bertz CT molecular complexity index is 368. The van der Waals surface area contributed by atoms with Crippen LogP contribution in [0.1, 0.15) is 13.8 Å². The Kier molecular flexibility index (Phi) is 4.19. The second-order valence-corrected chi connectivity index (χ2v) is 3.83. The van der Waals surface area contributed by atoms with Gasteiger partial charge in [-0.05, 0) is 5.92 Å². The van der Waals surface area contributed by atoms with Crippen molar-refractivity contribution < 1.29 is 10.0 Å². The molecular weight excluding hydrogens is 210 g/mol. The fourth-order valence-corrected chi connectivity index (χ4v) is 1.22. The molecule has 0 aromatic carbocycles. The predicted octanol–water partition coefficient (Wildman–Crippen LogP) is 1.42. The van der Waals surface area contributed by atoms with Crippen molar-refractivity contribution in [2.24, 2.45) is 5.92 Å². The minimum absolute atomic E-state index is 0.0158. The Balaban J connectivity index is 2.80. The van der Waals surface area contributed by atoms with Crippen LogP contribution in [0.4, 0.5) is 11.5 Å². The van der Waals surface area contributed by atoms with Crippen molar-refractivity contribution in [3.63, 3.8) is 0 Å². The van der Waals surface area contributed by atoms with Crippen molar-refractivity contribution in [1.82, 2.24) is 4.98 Å². The van der Waals surface area contributed by atoms with E-state index in [0.717, 1.165) is 0 Å². The number of nitrogens with zero attached hydrogens (tertiary/aromatic N) is 2. The van der Waals surface area contributed by atoms with Crippen molar-refractivity contribution in [3.05, 3.63) is 28.4 Å². The van der Waals surface area contributed by atoms with Gasteiger partial charge in [-0.3, -0.25) is 10.1 Å². The highest BCUT2D eigenvalue weighted by Crippen LogP contribution is 2.16. The maximum atomic E-state index is 10.5. The summed E-state index contributed by atoms with van der Waals surface area (Å²) in [7, 11) is 0. The van der Waals surface area contributed by atoms with E-state index in [0.29, 0.717) is 5.82 Å². The third-order valence-corrected chi connectivity index (χ3v) is 2.29. The summed E-state index contributed by atoms with van der Waals surface area (Å²) in [6, 6.07) is 2.52. The molecule has 2 N–H and O–H groups in total. The summed E-state index contributed by atoms with van der Waals surface area (Å²) in [5.74, 6) is 0.619. The summed E-state index contributed by atoms with van der Waals surface area (Å²) in [6.45, 7) is 3.86. The number of aliphatic hydroxyl groups excluding tert-OH is 1. The number of anilines is 1. The van der Waals surface area contributed by atoms with Crippen LogP contribution in [0, 0.1) is 16.0 Å². The van der Waals surface area contributed by atoms with Crippen LogP contribution >= 0.6 is 0 Å². The van der Waals surface area contributed by atoms with Gasteiger partial charge in [0.1, 0.15) is 5.82 Å². The van der Waals surface area contributed by atoms with Crippen LogP contribution in [0.5, 0.6) is 0 Å². The number of aromatic nitrogens is 1. The first-order chi connectivity index (χ1) is 7.54. The minimum Gasteiger partial charge on any atom is -0.394 e. The molecule has 0 aliphatic heterocycles. The lowest BCUT2D eigenvalue weighted by Crippen LogP contribution is -2.29. The molecule has 0 aliphatic rings. The summed E-state index contributed by atoms with van der Waals surface area (Å²) < 4.78 is 0. The van der Waals surface area contributed by atoms with Crippen LogP contribution in [0.25, 0.3) is 0 Å². The molecule has 0 bridgehead atoms. The highest BCUT2D eigenvalue weighted by Gasteiger charge is 2.14. The summed E-state index contributed by atoms with van der Waals surface area (Å²) in [5, 5.41) is 22.6. The number of hydrogen-bond acceptors (Lipinski definition) is 5. The van der Waals surface area contributed by atoms with E-state index in [1.165, 1.54) is 18.3 Å². The molecule has 0 saturated heterocycles. The van der Waals surface area contributed by atoms with Gasteiger partial charge >= 0.3 is 0 Å². The smallest absolute Gasteiger partial charge is 0.274 e. The zero-order valence-corrected chi connectivity index (χ0v) is 9.25. The average molecular weight is 225 g/mol. The lowest BCUT2D eigenvalue weighted by atomic mass is 10.1. The van der Waals surface area contributed by atoms with Crippen molar-refractivity contribution in [3.8, 4) is 0 Å². The summed E-state index contributed by atoms with van der Waals surface area (Å²) in [5.41, 5.74) is -0.0158. The Morgan fingerprint density at radius 3 is 2.81 bits per heavy atom. The lowest BCUT2D eigenvalue weighted by Gasteiger charge is -2.20. The zero-order valence-electron chi connectivity index (χ0n) is 9.25. The van der Waals surface area contributed by atoms with Gasteiger partial charge in [-0.1, -0.05) is 13.8 Å². The molecule has 1 rings (SSSR count). The van der Waals surface area contributed by atoms with E-state index >= 15 is 0 Å². The van der Waals surface area contributed by atoms with E-state index in [1.807, 2.05) is 13.8 Å². The molecule has 0 fully saturated rings. The van der Waals surface area contributed by atoms with E-state index < -0.39 is 4.92 Å². The van der Waals surface area contributed by atoms with Crippen molar-refractivity contribution in [2.75, 3.05) is 11.9 Å². The largest absolute Gasteiger partial charge is 0.394 e. The number of pyridine rings is 1. The van der Waals surface area contributed by atoms with Crippen LogP contribution in [0.2, 0.25) is 0 Å². The van der Waals surface area contributed by atoms with E-state index in [4.69, 9.17) is 5.11 Å². The van der Waals surface area contributed by atoms with Crippen LogP contribution in [-0.4, -0.2) is 27.7 Å². The Hall–Kier alpha value is -1.69. The molecule has 88 valence electrons. The first kappa shape index (κ1) is 12.4. The SMILES string of the molecule is CC(C)[C@@H](CO)Nc1cc([N+](=O)[O-])ccn1. The van der Waals surface area contributed by atoms with Gasteiger partial charge in [-0.25, -0.2) is 4.98 Å². The lowest BCUT2D eigenvalue weighted by molar-refractivity contribution is -0.384. The summed E-state index contributed by atoms with van der Waals surface area (Å²) in [6.07, 6.45) is 1.37.